The fourth-order valence-electron chi connectivity index (χ4n) is 2.49. The minimum atomic E-state index is -3.43. The van der Waals surface area contributed by atoms with E-state index in [1.807, 2.05) is 27.7 Å². The lowest BCUT2D eigenvalue weighted by atomic mass is 10.0. The summed E-state index contributed by atoms with van der Waals surface area (Å²) in [5.74, 6) is 0. The highest BCUT2D eigenvalue weighted by Crippen LogP contribution is 2.29. The first kappa shape index (κ1) is 17.5. The average molecular weight is 318 g/mol. The smallest absolute Gasteiger partial charge is 0.207 e. The number of nitrogens with zero attached hydrogens (tertiary/aromatic N) is 1. The second-order valence-corrected chi connectivity index (χ2v) is 7.02. The molecule has 0 aliphatic rings. The predicted octanol–water partition coefficient (Wildman–Crippen LogP) is 3.89. The third-order valence-electron chi connectivity index (χ3n) is 3.48. The van der Waals surface area contributed by atoms with Gasteiger partial charge in [-0.2, -0.15) is 4.31 Å². The molecule has 114 valence electrons. The van der Waals surface area contributed by atoms with Gasteiger partial charge in [0.15, 0.2) is 0 Å². The molecule has 0 saturated carbocycles. The Morgan fingerprint density at radius 1 is 1.05 bits per heavy atom. The van der Waals surface area contributed by atoms with Crippen LogP contribution in [0.15, 0.2) is 17.0 Å². The Hall–Kier alpha value is -0.580. The Balaban J connectivity index is 3.45. The number of sulfonamides is 1. The van der Waals surface area contributed by atoms with E-state index in [0.29, 0.717) is 29.4 Å². The highest BCUT2D eigenvalue weighted by atomic mass is 35.5. The molecule has 3 nitrogen and oxygen atoms in total. The predicted molar refractivity (Wildman–Crippen MR) is 84.9 cm³/mol. The molecule has 0 atom stereocenters. The van der Waals surface area contributed by atoms with Crippen molar-refractivity contribution in [2.45, 2.75) is 51.9 Å². The van der Waals surface area contributed by atoms with Crippen LogP contribution in [0, 0.1) is 0 Å². The largest absolute Gasteiger partial charge is 0.243 e. The van der Waals surface area contributed by atoms with Crippen molar-refractivity contribution in [1.29, 1.82) is 0 Å². The second kappa shape index (κ2) is 7.43. The van der Waals surface area contributed by atoms with Gasteiger partial charge in [-0.1, -0.05) is 39.3 Å². The van der Waals surface area contributed by atoms with Crippen LogP contribution in [0.25, 0.3) is 0 Å². The molecule has 0 aliphatic carbocycles. The summed E-state index contributed by atoms with van der Waals surface area (Å²) in [4.78, 5) is 0.413. The third-order valence-corrected chi connectivity index (χ3v) is 5.89. The summed E-state index contributed by atoms with van der Waals surface area (Å²) >= 11 is 6.20. The fraction of sp³-hybridized carbons (Fsp3) is 0.600. The van der Waals surface area contributed by atoms with E-state index in [-0.39, 0.29) is 0 Å². The number of benzene rings is 1. The van der Waals surface area contributed by atoms with Gasteiger partial charge in [0, 0.05) is 18.1 Å². The molecule has 0 unspecified atom stereocenters. The van der Waals surface area contributed by atoms with Crippen LogP contribution >= 0.6 is 11.6 Å². The summed E-state index contributed by atoms with van der Waals surface area (Å²) in [5.41, 5.74) is 1.80. The molecule has 0 aliphatic heterocycles. The highest BCUT2D eigenvalue weighted by molar-refractivity contribution is 7.89. The van der Waals surface area contributed by atoms with Gasteiger partial charge in [0.25, 0.3) is 0 Å². The SMILES string of the molecule is CCCN(CC)S(=O)(=O)c1ccc(Cl)c(CC)c1CC. The summed E-state index contributed by atoms with van der Waals surface area (Å²) in [6.07, 6.45) is 2.22. The van der Waals surface area contributed by atoms with Crippen LogP contribution in [0.4, 0.5) is 0 Å². The van der Waals surface area contributed by atoms with E-state index in [2.05, 4.69) is 0 Å². The molecule has 1 aromatic carbocycles. The molecule has 1 rings (SSSR count). The van der Waals surface area contributed by atoms with Crippen molar-refractivity contribution in [3.05, 3.63) is 28.3 Å². The van der Waals surface area contributed by atoms with Crippen molar-refractivity contribution in [2.75, 3.05) is 13.1 Å². The number of halogens is 1. The number of rotatable bonds is 7. The Bertz CT molecular complexity index is 555. The Morgan fingerprint density at radius 2 is 1.65 bits per heavy atom. The fourth-order valence-corrected chi connectivity index (χ4v) is 4.66. The molecule has 0 saturated heterocycles. The Morgan fingerprint density at radius 3 is 2.10 bits per heavy atom. The zero-order valence-electron chi connectivity index (χ0n) is 12.7. The van der Waals surface area contributed by atoms with Crippen molar-refractivity contribution < 1.29 is 8.42 Å². The molecule has 0 radical (unpaired) electrons. The molecular weight excluding hydrogens is 294 g/mol. The molecular formula is C15H24ClNO2S. The summed E-state index contributed by atoms with van der Waals surface area (Å²) in [6.45, 7) is 8.86. The maximum Gasteiger partial charge on any atom is 0.243 e. The molecule has 0 spiro atoms. The molecule has 0 aromatic heterocycles. The van der Waals surface area contributed by atoms with Gasteiger partial charge >= 0.3 is 0 Å². The minimum Gasteiger partial charge on any atom is -0.207 e. The van der Waals surface area contributed by atoms with Crippen LogP contribution in [-0.4, -0.2) is 25.8 Å². The van der Waals surface area contributed by atoms with Crippen LogP contribution in [0.2, 0.25) is 5.02 Å². The Labute approximate surface area is 128 Å². The summed E-state index contributed by atoms with van der Waals surface area (Å²) in [7, 11) is -3.43. The van der Waals surface area contributed by atoms with Crippen LogP contribution in [0.3, 0.4) is 0 Å². The lowest BCUT2D eigenvalue weighted by molar-refractivity contribution is 0.426. The molecule has 0 amide bonds. The van der Waals surface area contributed by atoms with Crippen LogP contribution in [0.5, 0.6) is 0 Å². The van der Waals surface area contributed by atoms with E-state index in [9.17, 15) is 8.42 Å². The van der Waals surface area contributed by atoms with Crippen LogP contribution in [-0.2, 0) is 22.9 Å². The van der Waals surface area contributed by atoms with Gasteiger partial charge < -0.3 is 0 Å². The summed E-state index contributed by atoms with van der Waals surface area (Å²) in [5, 5.41) is 0.654. The van der Waals surface area contributed by atoms with Gasteiger partial charge in [0.1, 0.15) is 0 Å². The maximum atomic E-state index is 12.8. The van der Waals surface area contributed by atoms with Crippen molar-refractivity contribution in [1.82, 2.24) is 4.31 Å². The van der Waals surface area contributed by atoms with Crippen molar-refractivity contribution in [3.8, 4) is 0 Å². The summed E-state index contributed by atoms with van der Waals surface area (Å²) in [6, 6.07) is 3.35. The molecule has 5 heteroatoms. The number of hydrogen-bond acceptors (Lipinski definition) is 2. The zero-order valence-corrected chi connectivity index (χ0v) is 14.3. The molecule has 0 bridgehead atoms. The van der Waals surface area contributed by atoms with Gasteiger partial charge in [0.05, 0.1) is 4.90 Å². The molecule has 0 heterocycles. The first-order chi connectivity index (χ1) is 9.43. The van der Waals surface area contributed by atoms with Gasteiger partial charge in [0.2, 0.25) is 10.0 Å². The standard InChI is InChI=1S/C15H24ClNO2S/c1-5-11-17(8-4)20(18,19)15-10-9-14(16)12(6-2)13(15)7-3/h9-10H,5-8,11H2,1-4H3. The topological polar surface area (TPSA) is 37.4 Å². The molecule has 20 heavy (non-hydrogen) atoms. The molecule has 0 N–H and O–H groups in total. The first-order valence-electron chi connectivity index (χ1n) is 7.24. The first-order valence-corrected chi connectivity index (χ1v) is 9.06. The average Bonchev–Trinajstić information content (AvgIpc) is 2.43. The van der Waals surface area contributed by atoms with Gasteiger partial charge in [-0.15, -0.1) is 0 Å². The van der Waals surface area contributed by atoms with Gasteiger partial charge in [-0.05, 0) is 42.5 Å². The zero-order chi connectivity index (χ0) is 15.3. The van der Waals surface area contributed by atoms with E-state index in [4.69, 9.17) is 11.6 Å². The summed E-state index contributed by atoms with van der Waals surface area (Å²) < 4.78 is 27.1. The third kappa shape index (κ3) is 3.35. The van der Waals surface area contributed by atoms with Crippen LogP contribution < -0.4 is 0 Å². The second-order valence-electron chi connectivity index (χ2n) is 4.71. The minimum absolute atomic E-state index is 0.413. The maximum absolute atomic E-state index is 12.8. The van der Waals surface area contributed by atoms with Crippen molar-refractivity contribution in [3.63, 3.8) is 0 Å². The monoisotopic (exact) mass is 317 g/mol. The van der Waals surface area contributed by atoms with E-state index >= 15 is 0 Å². The highest BCUT2D eigenvalue weighted by Gasteiger charge is 2.26. The normalized spacial score (nSPS) is 12.1. The lowest BCUT2D eigenvalue weighted by Crippen LogP contribution is -2.32. The van der Waals surface area contributed by atoms with E-state index < -0.39 is 10.0 Å². The van der Waals surface area contributed by atoms with Crippen molar-refractivity contribution in [2.24, 2.45) is 0 Å². The number of hydrogen-bond donors (Lipinski definition) is 0. The van der Waals surface area contributed by atoms with Crippen molar-refractivity contribution >= 4 is 21.6 Å². The molecule has 1 aromatic rings. The lowest BCUT2D eigenvalue weighted by Gasteiger charge is -2.23. The van der Waals surface area contributed by atoms with Crippen LogP contribution in [0.1, 0.15) is 45.2 Å². The van der Waals surface area contributed by atoms with E-state index in [0.717, 1.165) is 24.0 Å². The quantitative estimate of drug-likeness (QED) is 0.765. The molecule has 0 fully saturated rings. The Kier molecular flexibility index (Phi) is 6.49. The van der Waals surface area contributed by atoms with E-state index in [1.54, 1.807) is 12.1 Å². The van der Waals surface area contributed by atoms with Gasteiger partial charge in [-0.25, -0.2) is 8.42 Å². The van der Waals surface area contributed by atoms with Gasteiger partial charge in [-0.3, -0.25) is 0 Å². The van der Waals surface area contributed by atoms with E-state index in [1.165, 1.54) is 4.31 Å².